The number of halogens is 1. The molecule has 0 saturated heterocycles. The molecule has 4 aromatic rings. The van der Waals surface area contributed by atoms with Gasteiger partial charge in [0.2, 0.25) is 0 Å². The SMILES string of the molecule is COc1cccc(-c2cc3c(=O)n(C[C@@H](O)c4ccc(Br)cc4)ccn3n2)c1. The van der Waals surface area contributed by atoms with Crippen molar-refractivity contribution < 1.29 is 9.84 Å². The van der Waals surface area contributed by atoms with Crippen LogP contribution in [-0.2, 0) is 6.54 Å². The monoisotopic (exact) mass is 439 g/mol. The average molecular weight is 440 g/mol. The quantitative estimate of drug-likeness (QED) is 0.514. The molecule has 142 valence electrons. The van der Waals surface area contributed by atoms with Gasteiger partial charge in [0.05, 0.1) is 25.5 Å². The van der Waals surface area contributed by atoms with E-state index in [0.29, 0.717) is 11.2 Å². The van der Waals surface area contributed by atoms with Crippen LogP contribution in [0.1, 0.15) is 11.7 Å². The number of aromatic nitrogens is 3. The number of methoxy groups -OCH3 is 1. The average Bonchev–Trinajstić information content (AvgIpc) is 3.16. The summed E-state index contributed by atoms with van der Waals surface area (Å²) in [6, 6.07) is 16.7. The third kappa shape index (κ3) is 3.58. The van der Waals surface area contributed by atoms with Gasteiger partial charge in [0.1, 0.15) is 11.3 Å². The maximum Gasteiger partial charge on any atom is 0.276 e. The summed E-state index contributed by atoms with van der Waals surface area (Å²) in [4.78, 5) is 12.9. The Morgan fingerprint density at radius 1 is 1.14 bits per heavy atom. The molecule has 2 aromatic carbocycles. The molecule has 4 rings (SSSR count). The van der Waals surface area contributed by atoms with Crippen LogP contribution in [0.15, 0.2) is 76.3 Å². The molecule has 0 aliphatic carbocycles. The highest BCUT2D eigenvalue weighted by atomic mass is 79.9. The van der Waals surface area contributed by atoms with Crippen LogP contribution in [0.3, 0.4) is 0 Å². The Bertz CT molecular complexity index is 1180. The lowest BCUT2D eigenvalue weighted by Gasteiger charge is -2.13. The highest BCUT2D eigenvalue weighted by Crippen LogP contribution is 2.23. The van der Waals surface area contributed by atoms with E-state index in [2.05, 4.69) is 21.0 Å². The van der Waals surface area contributed by atoms with E-state index < -0.39 is 6.10 Å². The lowest BCUT2D eigenvalue weighted by molar-refractivity contribution is 0.155. The second kappa shape index (κ2) is 7.61. The van der Waals surface area contributed by atoms with Gasteiger partial charge >= 0.3 is 0 Å². The van der Waals surface area contributed by atoms with E-state index in [4.69, 9.17) is 4.74 Å². The number of fused-ring (bicyclic) bond motifs is 1. The highest BCUT2D eigenvalue weighted by Gasteiger charge is 2.13. The Hall–Kier alpha value is -2.90. The van der Waals surface area contributed by atoms with E-state index in [1.165, 1.54) is 4.57 Å². The van der Waals surface area contributed by atoms with Gasteiger partial charge in [-0.1, -0.05) is 40.2 Å². The Morgan fingerprint density at radius 3 is 2.68 bits per heavy atom. The van der Waals surface area contributed by atoms with Gasteiger partial charge in [-0.25, -0.2) is 4.52 Å². The molecule has 0 aliphatic rings. The molecule has 0 unspecified atom stereocenters. The van der Waals surface area contributed by atoms with Gasteiger partial charge in [0.25, 0.3) is 5.56 Å². The lowest BCUT2D eigenvalue weighted by Crippen LogP contribution is -2.24. The fourth-order valence-corrected chi connectivity index (χ4v) is 3.33. The largest absolute Gasteiger partial charge is 0.497 e. The van der Waals surface area contributed by atoms with Crippen molar-refractivity contribution in [2.75, 3.05) is 7.11 Å². The molecule has 0 aliphatic heterocycles. The molecule has 0 bridgehead atoms. The molecule has 0 fully saturated rings. The second-order valence-electron chi connectivity index (χ2n) is 6.41. The Balaban J connectivity index is 1.67. The van der Waals surface area contributed by atoms with Crippen molar-refractivity contribution in [3.8, 4) is 17.0 Å². The maximum atomic E-state index is 12.9. The number of hydrogen-bond acceptors (Lipinski definition) is 4. The molecule has 28 heavy (non-hydrogen) atoms. The molecule has 1 N–H and O–H groups in total. The zero-order chi connectivity index (χ0) is 19.7. The molecule has 0 spiro atoms. The van der Waals surface area contributed by atoms with Crippen LogP contribution >= 0.6 is 15.9 Å². The zero-order valence-electron chi connectivity index (χ0n) is 15.1. The summed E-state index contributed by atoms with van der Waals surface area (Å²) >= 11 is 3.38. The molecule has 6 nitrogen and oxygen atoms in total. The number of benzene rings is 2. The van der Waals surface area contributed by atoms with Crippen molar-refractivity contribution in [1.29, 1.82) is 0 Å². The van der Waals surface area contributed by atoms with E-state index >= 15 is 0 Å². The third-order valence-electron chi connectivity index (χ3n) is 4.59. The minimum Gasteiger partial charge on any atom is -0.497 e. The summed E-state index contributed by atoms with van der Waals surface area (Å²) in [5.41, 5.74) is 2.54. The van der Waals surface area contributed by atoms with Gasteiger partial charge in [-0.3, -0.25) is 4.79 Å². The number of ether oxygens (including phenoxy) is 1. The minimum atomic E-state index is -0.783. The molecule has 7 heteroatoms. The first-order valence-corrected chi connectivity index (χ1v) is 9.51. The van der Waals surface area contributed by atoms with E-state index in [1.54, 1.807) is 30.1 Å². The summed E-state index contributed by atoms with van der Waals surface area (Å²) in [5.74, 6) is 0.726. The van der Waals surface area contributed by atoms with E-state index in [-0.39, 0.29) is 12.1 Å². The van der Waals surface area contributed by atoms with E-state index in [1.807, 2.05) is 48.5 Å². The fraction of sp³-hybridized carbons (Fsp3) is 0.143. The molecule has 2 heterocycles. The first kappa shape index (κ1) is 18.5. The van der Waals surface area contributed by atoms with Gasteiger partial charge in [0.15, 0.2) is 0 Å². The fourth-order valence-electron chi connectivity index (χ4n) is 3.07. The van der Waals surface area contributed by atoms with Crippen molar-refractivity contribution in [3.63, 3.8) is 0 Å². The number of nitrogens with zero attached hydrogens (tertiary/aromatic N) is 3. The summed E-state index contributed by atoms with van der Waals surface area (Å²) in [6.07, 6.45) is 2.57. The van der Waals surface area contributed by atoms with E-state index in [9.17, 15) is 9.90 Å². The van der Waals surface area contributed by atoms with Crippen LogP contribution in [0.4, 0.5) is 0 Å². The van der Waals surface area contributed by atoms with Crippen molar-refractivity contribution >= 4 is 21.4 Å². The number of hydrogen-bond donors (Lipinski definition) is 1. The molecular formula is C21H18BrN3O3. The van der Waals surface area contributed by atoms with Gasteiger partial charge in [-0.05, 0) is 35.9 Å². The van der Waals surface area contributed by atoms with Gasteiger partial charge in [0, 0.05) is 22.4 Å². The molecule has 0 amide bonds. The molecule has 0 radical (unpaired) electrons. The zero-order valence-corrected chi connectivity index (χ0v) is 16.7. The standard InChI is InChI=1S/C21H18BrN3O3/c1-28-17-4-2-3-15(11-17)18-12-19-21(27)24(9-10-25(19)23-18)13-20(26)14-5-7-16(22)8-6-14/h2-12,20,26H,13H2,1H3/t20-/m1/s1. The number of rotatable bonds is 5. The van der Waals surface area contributed by atoms with Gasteiger partial charge in [-0.15, -0.1) is 0 Å². The second-order valence-corrected chi connectivity index (χ2v) is 7.33. The number of aliphatic hydroxyl groups is 1. The van der Waals surface area contributed by atoms with Gasteiger partial charge in [-0.2, -0.15) is 5.10 Å². The molecule has 1 atom stereocenters. The minimum absolute atomic E-state index is 0.163. The van der Waals surface area contributed by atoms with Crippen molar-refractivity contribution in [2.45, 2.75) is 12.6 Å². The summed E-state index contributed by atoms with van der Waals surface area (Å²) in [6.45, 7) is 0.163. The van der Waals surface area contributed by atoms with Crippen molar-refractivity contribution in [3.05, 3.63) is 87.4 Å². The Morgan fingerprint density at radius 2 is 1.93 bits per heavy atom. The summed E-state index contributed by atoms with van der Waals surface area (Å²) < 4.78 is 9.25. The van der Waals surface area contributed by atoms with Crippen LogP contribution in [0.5, 0.6) is 5.75 Å². The lowest BCUT2D eigenvalue weighted by atomic mass is 10.1. The van der Waals surface area contributed by atoms with E-state index in [0.717, 1.165) is 21.3 Å². The smallest absolute Gasteiger partial charge is 0.276 e. The topological polar surface area (TPSA) is 68.8 Å². The predicted molar refractivity (Wildman–Crippen MR) is 111 cm³/mol. The molecular weight excluding hydrogens is 422 g/mol. The maximum absolute atomic E-state index is 12.9. The van der Waals surface area contributed by atoms with Gasteiger partial charge < -0.3 is 14.4 Å². The summed E-state index contributed by atoms with van der Waals surface area (Å²) in [7, 11) is 1.61. The van der Waals surface area contributed by atoms with Crippen LogP contribution in [-0.4, -0.2) is 26.4 Å². The van der Waals surface area contributed by atoms with Crippen LogP contribution in [0.2, 0.25) is 0 Å². The summed E-state index contributed by atoms with van der Waals surface area (Å²) in [5, 5.41) is 15.0. The van der Waals surface area contributed by atoms with Crippen LogP contribution in [0, 0.1) is 0 Å². The van der Waals surface area contributed by atoms with Crippen molar-refractivity contribution in [2.24, 2.45) is 0 Å². The normalized spacial score (nSPS) is 12.2. The Kier molecular flexibility index (Phi) is 5.02. The first-order valence-electron chi connectivity index (χ1n) is 8.72. The number of aliphatic hydroxyl groups excluding tert-OH is 1. The predicted octanol–water partition coefficient (Wildman–Crippen LogP) is 3.67. The molecule has 0 saturated carbocycles. The molecule has 2 aromatic heterocycles. The first-order chi connectivity index (χ1) is 13.5. The van der Waals surface area contributed by atoms with Crippen molar-refractivity contribution in [1.82, 2.24) is 14.2 Å². The highest BCUT2D eigenvalue weighted by molar-refractivity contribution is 9.10. The van der Waals surface area contributed by atoms with Crippen LogP contribution < -0.4 is 10.3 Å². The Labute approximate surface area is 169 Å². The van der Waals surface area contributed by atoms with Crippen LogP contribution in [0.25, 0.3) is 16.8 Å². The third-order valence-corrected chi connectivity index (χ3v) is 5.12.